The topological polar surface area (TPSA) is 74.6 Å². The molecule has 0 bridgehead atoms. The summed E-state index contributed by atoms with van der Waals surface area (Å²) in [4.78, 5) is 0. The average Bonchev–Trinajstić information content (AvgIpc) is 1.84. The largest absolute Gasteiger partial charge is 0.396 e. The molecule has 2 N–H and O–H groups in total. The van der Waals surface area contributed by atoms with Crippen molar-refractivity contribution in [1.29, 1.82) is 0 Å². The SMILES string of the molecule is O=S(=O)(CCO)CCCO. The van der Waals surface area contributed by atoms with Gasteiger partial charge in [-0.15, -0.1) is 0 Å². The van der Waals surface area contributed by atoms with E-state index in [2.05, 4.69) is 0 Å². The Morgan fingerprint density at radius 2 is 1.60 bits per heavy atom. The van der Waals surface area contributed by atoms with Gasteiger partial charge in [-0.1, -0.05) is 0 Å². The molecule has 0 aliphatic rings. The Hall–Kier alpha value is -0.130. The number of hydrogen-bond donors (Lipinski definition) is 2. The van der Waals surface area contributed by atoms with Gasteiger partial charge in [0.05, 0.1) is 18.1 Å². The highest BCUT2D eigenvalue weighted by atomic mass is 32.2. The summed E-state index contributed by atoms with van der Waals surface area (Å²) in [6.45, 7) is -0.460. The van der Waals surface area contributed by atoms with Crippen molar-refractivity contribution in [2.24, 2.45) is 0 Å². The number of hydrogen-bond acceptors (Lipinski definition) is 4. The van der Waals surface area contributed by atoms with Crippen molar-refractivity contribution in [2.45, 2.75) is 6.42 Å². The summed E-state index contributed by atoms with van der Waals surface area (Å²) in [5.74, 6) is -0.239. The maximum atomic E-state index is 10.7. The van der Waals surface area contributed by atoms with Gasteiger partial charge >= 0.3 is 0 Å². The van der Waals surface area contributed by atoms with E-state index in [-0.39, 0.29) is 31.1 Å². The Bertz CT molecular complexity index is 160. The van der Waals surface area contributed by atoms with E-state index in [0.717, 1.165) is 0 Å². The van der Waals surface area contributed by atoms with Crippen LogP contribution in [-0.4, -0.2) is 43.4 Å². The smallest absolute Gasteiger partial charge is 0.152 e. The molecule has 0 heterocycles. The molecule has 0 atom stereocenters. The Labute approximate surface area is 60.4 Å². The Kier molecular flexibility index (Phi) is 4.59. The van der Waals surface area contributed by atoms with Crippen LogP contribution < -0.4 is 0 Å². The third kappa shape index (κ3) is 4.72. The monoisotopic (exact) mass is 168 g/mol. The van der Waals surface area contributed by atoms with E-state index in [1.165, 1.54) is 0 Å². The lowest BCUT2D eigenvalue weighted by Gasteiger charge is -1.98. The zero-order valence-corrected chi connectivity index (χ0v) is 6.47. The minimum atomic E-state index is -3.10. The van der Waals surface area contributed by atoms with E-state index < -0.39 is 9.84 Å². The lowest BCUT2D eigenvalue weighted by molar-refractivity contribution is 0.294. The van der Waals surface area contributed by atoms with Crippen LogP contribution in [0.1, 0.15) is 6.42 Å². The maximum Gasteiger partial charge on any atom is 0.152 e. The molecule has 0 spiro atoms. The first-order valence-electron chi connectivity index (χ1n) is 3.04. The van der Waals surface area contributed by atoms with Gasteiger partial charge in [0, 0.05) is 6.61 Å². The summed E-state index contributed by atoms with van der Waals surface area (Å²) in [6.07, 6.45) is 0.252. The third-order valence-corrected chi connectivity index (χ3v) is 2.73. The molecule has 0 saturated carbocycles. The highest BCUT2D eigenvalue weighted by Crippen LogP contribution is 1.91. The van der Waals surface area contributed by atoms with Crippen LogP contribution in [0.25, 0.3) is 0 Å². The van der Waals surface area contributed by atoms with Gasteiger partial charge in [0.2, 0.25) is 0 Å². The molecule has 0 aromatic carbocycles. The molecule has 0 unspecified atom stereocenters. The van der Waals surface area contributed by atoms with Crippen LogP contribution >= 0.6 is 0 Å². The second kappa shape index (κ2) is 4.65. The van der Waals surface area contributed by atoms with Gasteiger partial charge < -0.3 is 10.2 Å². The van der Waals surface area contributed by atoms with Crippen molar-refractivity contribution in [3.8, 4) is 0 Å². The number of sulfone groups is 1. The minimum absolute atomic E-state index is 0.0376. The summed E-state index contributed by atoms with van der Waals surface area (Å²) in [5, 5.41) is 16.5. The van der Waals surface area contributed by atoms with E-state index in [1.807, 2.05) is 0 Å². The van der Waals surface area contributed by atoms with Gasteiger partial charge in [0.25, 0.3) is 0 Å². The molecule has 62 valence electrons. The lowest BCUT2D eigenvalue weighted by atomic mass is 10.5. The van der Waals surface area contributed by atoms with E-state index in [9.17, 15) is 8.42 Å². The molecule has 0 radical (unpaired) electrons. The second-order valence-corrected chi connectivity index (χ2v) is 4.26. The molecule has 4 nitrogen and oxygen atoms in total. The van der Waals surface area contributed by atoms with Crippen molar-refractivity contribution >= 4 is 9.84 Å². The summed E-state index contributed by atoms with van der Waals surface area (Å²) in [5.41, 5.74) is 0. The summed E-state index contributed by atoms with van der Waals surface area (Å²) >= 11 is 0. The summed E-state index contributed by atoms with van der Waals surface area (Å²) in [7, 11) is -3.10. The highest BCUT2D eigenvalue weighted by Gasteiger charge is 2.07. The molecule has 0 amide bonds. The third-order valence-electron chi connectivity index (χ3n) is 1.02. The van der Waals surface area contributed by atoms with Gasteiger partial charge in [-0.05, 0) is 6.42 Å². The molecule has 0 aromatic heterocycles. The van der Waals surface area contributed by atoms with Crippen LogP contribution in [0.3, 0.4) is 0 Å². The van der Waals surface area contributed by atoms with Crippen LogP contribution in [0.2, 0.25) is 0 Å². The fraction of sp³-hybridized carbons (Fsp3) is 1.00. The lowest BCUT2D eigenvalue weighted by Crippen LogP contribution is -2.14. The normalized spacial score (nSPS) is 11.8. The zero-order chi connectivity index (χ0) is 8.04. The highest BCUT2D eigenvalue weighted by molar-refractivity contribution is 7.91. The van der Waals surface area contributed by atoms with E-state index in [1.54, 1.807) is 0 Å². The van der Waals surface area contributed by atoms with Crippen LogP contribution in [-0.2, 0) is 9.84 Å². The summed E-state index contributed by atoms with van der Waals surface area (Å²) in [6, 6.07) is 0. The molecule has 10 heavy (non-hydrogen) atoms. The summed E-state index contributed by atoms with van der Waals surface area (Å²) < 4.78 is 21.4. The Balaban J connectivity index is 3.65. The predicted molar refractivity (Wildman–Crippen MR) is 37.4 cm³/mol. The number of aliphatic hydroxyl groups is 2. The van der Waals surface area contributed by atoms with Gasteiger partial charge in [-0.3, -0.25) is 0 Å². The molecule has 0 aromatic rings. The van der Waals surface area contributed by atoms with Gasteiger partial charge in [-0.2, -0.15) is 0 Å². The molecule has 0 aliphatic heterocycles. The molecule has 5 heteroatoms. The van der Waals surface area contributed by atoms with Crippen LogP contribution in [0, 0.1) is 0 Å². The first-order valence-corrected chi connectivity index (χ1v) is 4.86. The van der Waals surface area contributed by atoms with Crippen molar-refractivity contribution in [1.82, 2.24) is 0 Å². The minimum Gasteiger partial charge on any atom is -0.396 e. The molecule has 0 rings (SSSR count). The molecule has 0 fully saturated rings. The Morgan fingerprint density at radius 1 is 1.00 bits per heavy atom. The van der Waals surface area contributed by atoms with Crippen molar-refractivity contribution in [2.75, 3.05) is 24.7 Å². The van der Waals surface area contributed by atoms with Crippen molar-refractivity contribution < 1.29 is 18.6 Å². The van der Waals surface area contributed by atoms with E-state index in [4.69, 9.17) is 10.2 Å². The zero-order valence-electron chi connectivity index (χ0n) is 5.65. The fourth-order valence-corrected chi connectivity index (χ4v) is 1.58. The first-order chi connectivity index (χ1) is 4.62. The quantitative estimate of drug-likeness (QED) is 0.539. The maximum absolute atomic E-state index is 10.7. The fourth-order valence-electron chi connectivity index (χ4n) is 0.526. The van der Waals surface area contributed by atoms with Crippen LogP contribution in [0.15, 0.2) is 0 Å². The predicted octanol–water partition coefficient (Wildman–Crippen LogP) is -1.22. The standard InChI is InChI=1S/C5H12O4S/c6-2-1-4-10(8,9)5-3-7/h6-7H,1-5H2. The van der Waals surface area contributed by atoms with Gasteiger partial charge in [0.15, 0.2) is 9.84 Å². The van der Waals surface area contributed by atoms with Crippen molar-refractivity contribution in [3.63, 3.8) is 0 Å². The average molecular weight is 168 g/mol. The van der Waals surface area contributed by atoms with E-state index >= 15 is 0 Å². The number of rotatable bonds is 5. The van der Waals surface area contributed by atoms with Crippen molar-refractivity contribution in [3.05, 3.63) is 0 Å². The molecular formula is C5H12O4S. The molecule has 0 saturated heterocycles. The van der Waals surface area contributed by atoms with Gasteiger partial charge in [0.1, 0.15) is 0 Å². The first kappa shape index (κ1) is 9.87. The second-order valence-electron chi connectivity index (χ2n) is 1.95. The van der Waals surface area contributed by atoms with Gasteiger partial charge in [-0.25, -0.2) is 8.42 Å². The van der Waals surface area contributed by atoms with Crippen LogP contribution in [0.4, 0.5) is 0 Å². The molecule has 0 aliphatic carbocycles. The van der Waals surface area contributed by atoms with E-state index in [0.29, 0.717) is 0 Å². The number of aliphatic hydroxyl groups excluding tert-OH is 2. The Morgan fingerprint density at radius 3 is 2.00 bits per heavy atom. The van der Waals surface area contributed by atoms with Crippen LogP contribution in [0.5, 0.6) is 0 Å². The molecular weight excluding hydrogens is 156 g/mol.